The van der Waals surface area contributed by atoms with Gasteiger partial charge in [-0.05, 0) is 0 Å². The van der Waals surface area contributed by atoms with E-state index in [1.165, 1.54) is 4.98 Å². The molecule has 0 fully saturated rings. The third kappa shape index (κ3) is 3.37. The Bertz CT molecular complexity index is 488. The SMILES string of the molecule is O=c1[nH]c(CF)c(OC(F)(F)F)cc1C(F)(F)F. The van der Waals surface area contributed by atoms with Gasteiger partial charge in [0.2, 0.25) is 0 Å². The highest BCUT2D eigenvalue weighted by molar-refractivity contribution is 5.32. The topological polar surface area (TPSA) is 42.1 Å². The van der Waals surface area contributed by atoms with Crippen LogP contribution < -0.4 is 10.3 Å². The Labute approximate surface area is 94.2 Å². The van der Waals surface area contributed by atoms with E-state index >= 15 is 0 Å². The first-order chi connectivity index (χ1) is 8.04. The number of halogens is 7. The minimum atomic E-state index is -5.30. The van der Waals surface area contributed by atoms with Crippen LogP contribution in [-0.4, -0.2) is 11.3 Å². The predicted molar refractivity (Wildman–Crippen MR) is 43.6 cm³/mol. The van der Waals surface area contributed by atoms with Crippen molar-refractivity contribution in [3.8, 4) is 5.75 Å². The van der Waals surface area contributed by atoms with Crippen LogP contribution >= 0.6 is 0 Å². The Balaban J connectivity index is 3.36. The van der Waals surface area contributed by atoms with Gasteiger partial charge in [-0.2, -0.15) is 13.2 Å². The number of nitrogens with one attached hydrogen (secondary N) is 1. The molecule has 1 aromatic rings. The molecule has 0 radical (unpaired) electrons. The molecule has 10 heteroatoms. The van der Waals surface area contributed by atoms with Crippen molar-refractivity contribution >= 4 is 0 Å². The largest absolute Gasteiger partial charge is 0.573 e. The summed E-state index contributed by atoms with van der Waals surface area (Å²) in [5.41, 5.74) is -4.67. The Morgan fingerprint density at radius 1 is 1.17 bits per heavy atom. The van der Waals surface area contributed by atoms with E-state index in [-0.39, 0.29) is 6.07 Å². The molecule has 0 amide bonds. The molecule has 1 heterocycles. The van der Waals surface area contributed by atoms with Crippen LogP contribution in [0.15, 0.2) is 10.9 Å². The van der Waals surface area contributed by atoms with Crippen LogP contribution in [0.4, 0.5) is 30.7 Å². The molecule has 3 nitrogen and oxygen atoms in total. The van der Waals surface area contributed by atoms with Gasteiger partial charge in [0.15, 0.2) is 5.75 Å². The zero-order chi connectivity index (χ0) is 14.1. The summed E-state index contributed by atoms with van der Waals surface area (Å²) in [4.78, 5) is 12.2. The van der Waals surface area contributed by atoms with Gasteiger partial charge in [0, 0.05) is 6.07 Å². The monoisotopic (exact) mass is 279 g/mol. The van der Waals surface area contributed by atoms with Gasteiger partial charge in [-0.15, -0.1) is 13.2 Å². The van der Waals surface area contributed by atoms with Gasteiger partial charge in [0.1, 0.15) is 12.2 Å². The lowest BCUT2D eigenvalue weighted by molar-refractivity contribution is -0.275. The van der Waals surface area contributed by atoms with Crippen LogP contribution in [0.5, 0.6) is 5.75 Å². The number of pyridine rings is 1. The Hall–Kier alpha value is -1.74. The second kappa shape index (κ2) is 4.50. The van der Waals surface area contributed by atoms with E-state index in [2.05, 4.69) is 4.74 Å². The molecule has 1 rings (SSSR count). The molecule has 0 saturated carbocycles. The summed E-state index contributed by atoms with van der Waals surface area (Å²) in [6.07, 6.45) is -10.5. The second-order valence-electron chi connectivity index (χ2n) is 3.03. The van der Waals surface area contributed by atoms with Crippen LogP contribution in [0.3, 0.4) is 0 Å². The van der Waals surface area contributed by atoms with Crippen LogP contribution in [0, 0.1) is 0 Å². The molecule has 0 bridgehead atoms. The number of rotatable bonds is 2. The highest BCUT2D eigenvalue weighted by atomic mass is 19.4. The molecular weight excluding hydrogens is 275 g/mol. The van der Waals surface area contributed by atoms with Crippen molar-refractivity contribution in [2.75, 3.05) is 0 Å². The first-order valence-electron chi connectivity index (χ1n) is 4.19. The molecule has 0 aliphatic carbocycles. The normalized spacial score (nSPS) is 12.6. The summed E-state index contributed by atoms with van der Waals surface area (Å²) in [5, 5.41) is 0. The summed E-state index contributed by atoms with van der Waals surface area (Å²) in [6.45, 7) is -1.61. The number of aromatic amines is 1. The van der Waals surface area contributed by atoms with E-state index in [1.807, 2.05) is 0 Å². The molecule has 1 aromatic heterocycles. The fourth-order valence-electron chi connectivity index (χ4n) is 1.08. The molecule has 1 N–H and O–H groups in total. The maximum Gasteiger partial charge on any atom is 0.573 e. The maximum absolute atomic E-state index is 12.3. The van der Waals surface area contributed by atoms with Crippen LogP contribution in [-0.2, 0) is 12.9 Å². The van der Waals surface area contributed by atoms with Gasteiger partial charge < -0.3 is 9.72 Å². The fourth-order valence-corrected chi connectivity index (χ4v) is 1.08. The Morgan fingerprint density at radius 2 is 1.72 bits per heavy atom. The molecule has 0 atom stereocenters. The number of hydrogen-bond donors (Lipinski definition) is 1. The van der Waals surface area contributed by atoms with E-state index in [0.29, 0.717) is 0 Å². The highest BCUT2D eigenvalue weighted by Crippen LogP contribution is 2.32. The summed E-state index contributed by atoms with van der Waals surface area (Å²) < 4.78 is 87.8. The van der Waals surface area contributed by atoms with E-state index < -0.39 is 41.8 Å². The minimum absolute atomic E-state index is 0.193. The van der Waals surface area contributed by atoms with E-state index in [1.54, 1.807) is 0 Å². The highest BCUT2D eigenvalue weighted by Gasteiger charge is 2.38. The number of alkyl halides is 7. The smallest absolute Gasteiger partial charge is 0.404 e. The maximum atomic E-state index is 12.3. The standard InChI is InChI=1S/C8H4F7NO2/c9-2-4-5(18-8(13,14)15)1-3(6(17)16-4)7(10,11)12/h1H,2H2,(H,16,17). The average Bonchev–Trinajstić information content (AvgIpc) is 2.16. The first-order valence-corrected chi connectivity index (χ1v) is 4.19. The van der Waals surface area contributed by atoms with Crippen molar-refractivity contribution < 1.29 is 35.5 Å². The average molecular weight is 279 g/mol. The predicted octanol–water partition coefficient (Wildman–Crippen LogP) is 2.76. The quantitative estimate of drug-likeness (QED) is 0.846. The zero-order valence-corrected chi connectivity index (χ0v) is 8.25. The third-order valence-electron chi connectivity index (χ3n) is 1.75. The van der Waals surface area contributed by atoms with Gasteiger partial charge in [-0.1, -0.05) is 0 Å². The van der Waals surface area contributed by atoms with Crippen LogP contribution in [0.1, 0.15) is 11.3 Å². The summed E-state index contributed by atoms with van der Waals surface area (Å²) in [5.74, 6) is -1.43. The van der Waals surface area contributed by atoms with Crippen molar-refractivity contribution in [2.24, 2.45) is 0 Å². The molecule has 0 unspecified atom stereocenters. The molecule has 0 aliphatic heterocycles. The van der Waals surface area contributed by atoms with Crippen molar-refractivity contribution in [2.45, 2.75) is 19.2 Å². The Kier molecular flexibility index (Phi) is 3.58. The second-order valence-corrected chi connectivity index (χ2v) is 3.03. The minimum Gasteiger partial charge on any atom is -0.404 e. The molecule has 102 valence electrons. The third-order valence-corrected chi connectivity index (χ3v) is 1.75. The van der Waals surface area contributed by atoms with Crippen LogP contribution in [0.2, 0.25) is 0 Å². The molecular formula is C8H4F7NO2. The fraction of sp³-hybridized carbons (Fsp3) is 0.375. The summed E-state index contributed by atoms with van der Waals surface area (Å²) >= 11 is 0. The van der Waals surface area contributed by atoms with Crippen molar-refractivity contribution in [3.05, 3.63) is 27.7 Å². The summed E-state index contributed by atoms with van der Waals surface area (Å²) in [7, 11) is 0. The zero-order valence-electron chi connectivity index (χ0n) is 8.25. The van der Waals surface area contributed by atoms with Gasteiger partial charge in [0.25, 0.3) is 5.56 Å². The first kappa shape index (κ1) is 14.3. The van der Waals surface area contributed by atoms with Crippen LogP contribution in [0.25, 0.3) is 0 Å². The summed E-state index contributed by atoms with van der Waals surface area (Å²) in [6, 6.07) is -0.193. The lowest BCUT2D eigenvalue weighted by Crippen LogP contribution is -2.25. The van der Waals surface area contributed by atoms with Gasteiger partial charge in [-0.3, -0.25) is 4.79 Å². The van der Waals surface area contributed by atoms with Crippen molar-refractivity contribution in [1.29, 1.82) is 0 Å². The molecule has 0 aromatic carbocycles. The van der Waals surface area contributed by atoms with E-state index in [0.717, 1.165) is 0 Å². The molecule has 0 spiro atoms. The number of H-pyrrole nitrogens is 1. The van der Waals surface area contributed by atoms with Crippen molar-refractivity contribution in [3.63, 3.8) is 0 Å². The van der Waals surface area contributed by atoms with E-state index in [9.17, 15) is 35.5 Å². The number of ether oxygens (including phenoxy) is 1. The molecule has 18 heavy (non-hydrogen) atoms. The van der Waals surface area contributed by atoms with Crippen molar-refractivity contribution in [1.82, 2.24) is 4.98 Å². The Morgan fingerprint density at radius 3 is 2.11 bits per heavy atom. The number of aromatic nitrogens is 1. The lowest BCUT2D eigenvalue weighted by Gasteiger charge is -2.13. The number of hydrogen-bond acceptors (Lipinski definition) is 2. The van der Waals surface area contributed by atoms with Gasteiger partial charge >= 0.3 is 12.5 Å². The van der Waals surface area contributed by atoms with E-state index in [4.69, 9.17) is 0 Å². The molecule has 0 aliphatic rings. The van der Waals surface area contributed by atoms with Gasteiger partial charge in [-0.25, -0.2) is 4.39 Å². The lowest BCUT2D eigenvalue weighted by atomic mass is 10.2. The van der Waals surface area contributed by atoms with Gasteiger partial charge in [0.05, 0.1) is 5.69 Å². The molecule has 0 saturated heterocycles.